The molecule has 0 aromatic carbocycles. The summed E-state index contributed by atoms with van der Waals surface area (Å²) in [6, 6.07) is 0. The zero-order chi connectivity index (χ0) is 21.2. The minimum absolute atomic E-state index is 0.211. The second kappa shape index (κ2) is 7.07. The van der Waals surface area contributed by atoms with Crippen LogP contribution < -0.4 is 0 Å². The third-order valence-electron chi connectivity index (χ3n) is 9.72. The topological polar surface area (TPSA) is 49.7 Å². The zero-order valence-corrected chi connectivity index (χ0v) is 19.6. The Bertz CT molecular complexity index is 659. The van der Waals surface area contributed by atoms with Crippen LogP contribution in [0.25, 0.3) is 0 Å². The Morgan fingerprint density at radius 2 is 1.83 bits per heavy atom. The summed E-state index contributed by atoms with van der Waals surface area (Å²) in [7, 11) is 0. The van der Waals surface area contributed by atoms with Gasteiger partial charge in [-0.25, -0.2) is 0 Å². The lowest BCUT2D eigenvalue weighted by Crippen LogP contribution is -2.52. The number of rotatable bonds is 4. The van der Waals surface area contributed by atoms with Gasteiger partial charge in [0.05, 0.1) is 23.9 Å². The van der Waals surface area contributed by atoms with Crippen LogP contribution >= 0.6 is 0 Å². The molecular formula is C26H44O3. The van der Waals surface area contributed by atoms with Crippen LogP contribution in [0.3, 0.4) is 0 Å². The molecule has 0 heterocycles. The fourth-order valence-corrected chi connectivity index (χ4v) is 8.07. The van der Waals surface area contributed by atoms with Crippen LogP contribution in [0.15, 0.2) is 11.6 Å². The Balaban J connectivity index is 1.53. The highest BCUT2D eigenvalue weighted by molar-refractivity contribution is 5.26. The van der Waals surface area contributed by atoms with E-state index in [0.29, 0.717) is 23.4 Å². The second-order valence-electron chi connectivity index (χ2n) is 12.5. The quantitative estimate of drug-likeness (QED) is 0.609. The van der Waals surface area contributed by atoms with Gasteiger partial charge in [-0.05, 0) is 114 Å². The monoisotopic (exact) mass is 404 g/mol. The van der Waals surface area contributed by atoms with Crippen LogP contribution in [0.5, 0.6) is 0 Å². The largest absolute Gasteiger partial charge is 0.390 e. The molecule has 4 rings (SSSR count). The number of allylic oxidation sites excluding steroid dienone is 1. The molecule has 0 aliphatic heterocycles. The molecular weight excluding hydrogens is 360 g/mol. The van der Waals surface area contributed by atoms with Crippen molar-refractivity contribution < 1.29 is 14.9 Å². The van der Waals surface area contributed by atoms with Gasteiger partial charge in [-0.15, -0.1) is 0 Å². The third-order valence-corrected chi connectivity index (χ3v) is 9.72. The van der Waals surface area contributed by atoms with Crippen molar-refractivity contribution in [2.24, 2.45) is 34.5 Å². The maximum absolute atomic E-state index is 10.6. The molecule has 4 aliphatic rings. The van der Waals surface area contributed by atoms with Crippen molar-refractivity contribution in [1.29, 1.82) is 0 Å². The molecule has 0 saturated heterocycles. The first kappa shape index (κ1) is 21.8. The van der Waals surface area contributed by atoms with E-state index >= 15 is 0 Å². The molecule has 3 fully saturated rings. The van der Waals surface area contributed by atoms with Crippen LogP contribution in [0.2, 0.25) is 0 Å². The Morgan fingerprint density at radius 1 is 1.10 bits per heavy atom. The number of hydrogen-bond acceptors (Lipinski definition) is 3. The Kier molecular flexibility index (Phi) is 5.32. The predicted molar refractivity (Wildman–Crippen MR) is 118 cm³/mol. The van der Waals surface area contributed by atoms with Gasteiger partial charge in [0.15, 0.2) is 0 Å². The van der Waals surface area contributed by atoms with Crippen molar-refractivity contribution in [3.8, 4) is 0 Å². The van der Waals surface area contributed by atoms with Crippen molar-refractivity contribution in [1.82, 2.24) is 0 Å². The molecule has 0 aromatic heterocycles. The Labute approximate surface area is 178 Å². The molecule has 0 radical (unpaired) electrons. The molecule has 3 heteroatoms. The molecule has 166 valence electrons. The molecule has 2 N–H and O–H groups in total. The smallest absolute Gasteiger partial charge is 0.0824 e. The van der Waals surface area contributed by atoms with Gasteiger partial charge < -0.3 is 14.9 Å². The first-order valence-electron chi connectivity index (χ1n) is 12.1. The van der Waals surface area contributed by atoms with E-state index in [2.05, 4.69) is 26.8 Å². The minimum atomic E-state index is -0.758. The molecule has 0 amide bonds. The van der Waals surface area contributed by atoms with E-state index in [0.717, 1.165) is 37.0 Å². The van der Waals surface area contributed by atoms with E-state index in [1.54, 1.807) is 5.57 Å². The molecule has 29 heavy (non-hydrogen) atoms. The van der Waals surface area contributed by atoms with Crippen LogP contribution in [0.1, 0.15) is 92.9 Å². The molecule has 8 unspecified atom stereocenters. The number of fused-ring (bicyclic) bond motifs is 5. The van der Waals surface area contributed by atoms with E-state index in [4.69, 9.17) is 4.74 Å². The van der Waals surface area contributed by atoms with Gasteiger partial charge in [0.1, 0.15) is 0 Å². The van der Waals surface area contributed by atoms with Gasteiger partial charge in [0, 0.05) is 0 Å². The summed E-state index contributed by atoms with van der Waals surface area (Å²) >= 11 is 0. The van der Waals surface area contributed by atoms with Crippen LogP contribution in [-0.2, 0) is 4.74 Å². The summed E-state index contributed by atoms with van der Waals surface area (Å²) in [6.07, 6.45) is 12.1. The lowest BCUT2D eigenvalue weighted by atomic mass is 9.46. The lowest BCUT2D eigenvalue weighted by molar-refractivity contribution is -0.107. The highest BCUT2D eigenvalue weighted by atomic mass is 16.5. The third kappa shape index (κ3) is 3.74. The van der Waals surface area contributed by atoms with E-state index < -0.39 is 11.2 Å². The van der Waals surface area contributed by atoms with Crippen molar-refractivity contribution in [3.05, 3.63) is 11.6 Å². The van der Waals surface area contributed by atoms with Crippen LogP contribution in [0.4, 0.5) is 0 Å². The molecule has 8 atom stereocenters. The highest BCUT2D eigenvalue weighted by Crippen LogP contribution is 2.67. The number of hydrogen-bond donors (Lipinski definition) is 2. The molecule has 4 aliphatic carbocycles. The van der Waals surface area contributed by atoms with E-state index in [-0.39, 0.29) is 6.10 Å². The summed E-state index contributed by atoms with van der Waals surface area (Å²) in [5.41, 5.74) is 0.949. The zero-order valence-electron chi connectivity index (χ0n) is 19.6. The van der Waals surface area contributed by atoms with Crippen molar-refractivity contribution in [3.63, 3.8) is 0 Å². The van der Waals surface area contributed by atoms with Crippen molar-refractivity contribution in [2.75, 3.05) is 6.61 Å². The first-order valence-corrected chi connectivity index (χ1v) is 12.1. The summed E-state index contributed by atoms with van der Waals surface area (Å²) in [6.45, 7) is 13.4. The van der Waals surface area contributed by atoms with Gasteiger partial charge in [0.2, 0.25) is 0 Å². The summed E-state index contributed by atoms with van der Waals surface area (Å²) in [5.74, 6) is 2.96. The normalized spacial score (nSPS) is 48.3. The minimum Gasteiger partial charge on any atom is -0.390 e. The van der Waals surface area contributed by atoms with Crippen LogP contribution in [-0.4, -0.2) is 34.1 Å². The molecule has 0 aromatic rings. The van der Waals surface area contributed by atoms with E-state index in [1.807, 2.05) is 20.8 Å². The Morgan fingerprint density at radius 3 is 2.52 bits per heavy atom. The average molecular weight is 405 g/mol. The maximum atomic E-state index is 10.6. The fourth-order valence-electron chi connectivity index (χ4n) is 8.07. The van der Waals surface area contributed by atoms with E-state index in [1.165, 1.54) is 32.1 Å². The van der Waals surface area contributed by atoms with Gasteiger partial charge >= 0.3 is 0 Å². The fraction of sp³-hybridized carbons (Fsp3) is 0.923. The van der Waals surface area contributed by atoms with Gasteiger partial charge in [-0.2, -0.15) is 0 Å². The molecule has 0 bridgehead atoms. The van der Waals surface area contributed by atoms with E-state index in [9.17, 15) is 10.2 Å². The van der Waals surface area contributed by atoms with Gasteiger partial charge in [0.25, 0.3) is 0 Å². The second-order valence-corrected chi connectivity index (χ2v) is 12.5. The number of ether oxygens (including phenoxy) is 1. The summed E-state index contributed by atoms with van der Waals surface area (Å²) < 4.78 is 6.18. The molecule has 3 saturated carbocycles. The molecule has 0 spiro atoms. The van der Waals surface area contributed by atoms with Gasteiger partial charge in [-0.3, -0.25) is 0 Å². The predicted octanol–water partition coefficient (Wildman–Crippen LogP) is 5.49. The maximum Gasteiger partial charge on any atom is 0.0824 e. The average Bonchev–Trinajstić information content (AvgIpc) is 2.97. The first-order chi connectivity index (χ1) is 13.4. The van der Waals surface area contributed by atoms with Gasteiger partial charge in [-0.1, -0.05) is 25.5 Å². The highest BCUT2D eigenvalue weighted by Gasteiger charge is 2.59. The van der Waals surface area contributed by atoms with Crippen molar-refractivity contribution in [2.45, 2.75) is 110 Å². The number of aliphatic hydroxyl groups is 2. The Hall–Kier alpha value is -0.380. The SMILES string of the molecule is CC(OCC(C)(C)O)C1CCC2C3CC=C4CC(C)(O)CCC4(C)C3CCC12C. The lowest BCUT2D eigenvalue weighted by Gasteiger charge is -2.59. The van der Waals surface area contributed by atoms with Crippen LogP contribution in [0, 0.1) is 34.5 Å². The van der Waals surface area contributed by atoms with Crippen molar-refractivity contribution >= 4 is 0 Å². The summed E-state index contributed by atoms with van der Waals surface area (Å²) in [4.78, 5) is 0. The summed E-state index contributed by atoms with van der Waals surface area (Å²) in [5, 5.41) is 20.7. The standard InChI is InChI=1S/C26H44O3/c1-17(29-16-23(2,3)27)20-9-10-21-19-8-7-18-15-24(4,28)13-14-25(18,5)22(19)11-12-26(20,21)6/h7,17,19-22,27-28H,8-16H2,1-6H3. The molecule has 3 nitrogen and oxygen atoms in total.